The van der Waals surface area contributed by atoms with Crippen molar-refractivity contribution in [2.75, 3.05) is 44.2 Å². The first kappa shape index (κ1) is 20.1. The summed E-state index contributed by atoms with van der Waals surface area (Å²) in [4.78, 5) is 21.3. The molecule has 2 saturated heterocycles. The first-order valence-corrected chi connectivity index (χ1v) is 10.4. The summed E-state index contributed by atoms with van der Waals surface area (Å²) in [6, 6.07) is 3.85. The summed E-state index contributed by atoms with van der Waals surface area (Å²) in [7, 11) is 0. The lowest BCUT2D eigenvalue weighted by molar-refractivity contribution is -0.0690. The third-order valence-corrected chi connectivity index (χ3v) is 5.63. The van der Waals surface area contributed by atoms with Gasteiger partial charge >= 0.3 is 0 Å². The van der Waals surface area contributed by atoms with Crippen LogP contribution in [-0.2, 0) is 4.74 Å². The molecule has 150 valence electrons. The van der Waals surface area contributed by atoms with Crippen molar-refractivity contribution in [1.82, 2.24) is 15.2 Å². The molecule has 1 aromatic rings. The third-order valence-electron chi connectivity index (χ3n) is 5.63. The zero-order valence-electron chi connectivity index (χ0n) is 17.0. The number of nitrogens with zero attached hydrogens (tertiary/aromatic N) is 3. The summed E-state index contributed by atoms with van der Waals surface area (Å²) in [6.07, 6.45) is 6.10. The molecular weight excluding hydrogens is 340 g/mol. The van der Waals surface area contributed by atoms with Gasteiger partial charge in [-0.05, 0) is 64.6 Å². The highest BCUT2D eigenvalue weighted by molar-refractivity contribution is 5.93. The van der Waals surface area contributed by atoms with Crippen LogP contribution < -0.4 is 10.2 Å². The minimum absolute atomic E-state index is 0.0537. The summed E-state index contributed by atoms with van der Waals surface area (Å²) >= 11 is 0. The van der Waals surface area contributed by atoms with E-state index in [0.29, 0.717) is 24.3 Å². The van der Waals surface area contributed by atoms with Crippen LogP contribution in [-0.4, -0.2) is 67.3 Å². The van der Waals surface area contributed by atoms with Gasteiger partial charge in [-0.25, -0.2) is 4.98 Å². The Balaban J connectivity index is 1.43. The topological polar surface area (TPSA) is 57.7 Å². The molecule has 0 saturated carbocycles. The Morgan fingerprint density at radius 2 is 1.93 bits per heavy atom. The van der Waals surface area contributed by atoms with Gasteiger partial charge in [-0.2, -0.15) is 0 Å². The number of ether oxygens (including phenoxy) is 1. The Hall–Kier alpha value is -1.66. The second-order valence-corrected chi connectivity index (χ2v) is 8.00. The van der Waals surface area contributed by atoms with Crippen molar-refractivity contribution >= 4 is 11.7 Å². The number of piperidine rings is 1. The number of amides is 1. The Labute approximate surface area is 163 Å². The van der Waals surface area contributed by atoms with E-state index in [1.54, 1.807) is 6.20 Å². The quantitative estimate of drug-likeness (QED) is 0.829. The second-order valence-electron chi connectivity index (χ2n) is 8.00. The Morgan fingerprint density at radius 1 is 1.22 bits per heavy atom. The molecule has 0 radical (unpaired) electrons. The molecule has 1 amide bonds. The van der Waals surface area contributed by atoms with E-state index in [9.17, 15) is 4.79 Å². The number of nitrogens with one attached hydrogen (secondary N) is 1. The number of hydrogen-bond acceptors (Lipinski definition) is 5. The van der Waals surface area contributed by atoms with Gasteiger partial charge in [0.05, 0.1) is 17.8 Å². The maximum absolute atomic E-state index is 11.8. The van der Waals surface area contributed by atoms with Crippen LogP contribution in [0.5, 0.6) is 0 Å². The van der Waals surface area contributed by atoms with Crippen LogP contribution in [0.15, 0.2) is 18.3 Å². The van der Waals surface area contributed by atoms with E-state index in [0.717, 1.165) is 37.9 Å². The van der Waals surface area contributed by atoms with E-state index in [1.807, 2.05) is 19.1 Å². The van der Waals surface area contributed by atoms with E-state index in [-0.39, 0.29) is 5.91 Å². The number of pyridine rings is 1. The van der Waals surface area contributed by atoms with Crippen LogP contribution in [0.4, 0.5) is 5.82 Å². The molecule has 6 nitrogen and oxygen atoms in total. The first-order valence-electron chi connectivity index (χ1n) is 10.4. The number of hydrogen-bond donors (Lipinski definition) is 1. The van der Waals surface area contributed by atoms with E-state index < -0.39 is 0 Å². The van der Waals surface area contributed by atoms with Gasteiger partial charge in [-0.1, -0.05) is 0 Å². The van der Waals surface area contributed by atoms with Crippen molar-refractivity contribution in [1.29, 1.82) is 0 Å². The maximum atomic E-state index is 11.8. The highest BCUT2D eigenvalue weighted by Crippen LogP contribution is 2.25. The van der Waals surface area contributed by atoms with Crippen molar-refractivity contribution < 1.29 is 9.53 Å². The second kappa shape index (κ2) is 9.51. The average molecular weight is 375 g/mol. The molecule has 2 aliphatic rings. The summed E-state index contributed by atoms with van der Waals surface area (Å²) in [5, 5.41) is 2.81. The Bertz CT molecular complexity index is 589. The molecule has 6 heteroatoms. The van der Waals surface area contributed by atoms with Gasteiger partial charge in [0.15, 0.2) is 0 Å². The number of aromatic nitrogens is 1. The predicted molar refractivity (Wildman–Crippen MR) is 108 cm³/mol. The largest absolute Gasteiger partial charge is 0.373 e. The summed E-state index contributed by atoms with van der Waals surface area (Å²) in [5.74, 6) is 1.73. The molecule has 1 aromatic heterocycles. The number of morpholine rings is 1. The lowest BCUT2D eigenvalue weighted by Crippen LogP contribution is -2.46. The first-order chi connectivity index (χ1) is 13.0. The van der Waals surface area contributed by atoms with Crippen LogP contribution in [0.2, 0.25) is 0 Å². The van der Waals surface area contributed by atoms with Crippen LogP contribution in [0.25, 0.3) is 0 Å². The fourth-order valence-electron chi connectivity index (χ4n) is 4.25. The minimum Gasteiger partial charge on any atom is -0.373 e. The van der Waals surface area contributed by atoms with Crippen LogP contribution in [0.3, 0.4) is 0 Å². The molecule has 0 aliphatic carbocycles. The molecule has 0 spiro atoms. The maximum Gasteiger partial charge on any atom is 0.252 e. The zero-order valence-corrected chi connectivity index (χ0v) is 17.0. The molecule has 2 fully saturated rings. The monoisotopic (exact) mass is 374 g/mol. The van der Waals surface area contributed by atoms with Gasteiger partial charge < -0.3 is 15.0 Å². The van der Waals surface area contributed by atoms with E-state index in [2.05, 4.69) is 33.9 Å². The SMILES string of the molecule is CCNC(=O)c1ccc(N2CCC(CCN3CC(C)OC(C)C3)CC2)nc1. The van der Waals surface area contributed by atoms with Crippen LogP contribution in [0.1, 0.15) is 50.4 Å². The minimum atomic E-state index is -0.0537. The summed E-state index contributed by atoms with van der Waals surface area (Å²) in [5.41, 5.74) is 0.629. The highest BCUT2D eigenvalue weighted by atomic mass is 16.5. The van der Waals surface area contributed by atoms with E-state index >= 15 is 0 Å². The number of anilines is 1. The normalized spacial score (nSPS) is 24.8. The molecule has 3 rings (SSSR count). The van der Waals surface area contributed by atoms with E-state index in [4.69, 9.17) is 4.74 Å². The molecule has 0 bridgehead atoms. The molecule has 3 heterocycles. The molecule has 27 heavy (non-hydrogen) atoms. The fourth-order valence-corrected chi connectivity index (χ4v) is 4.25. The number of carbonyl (C=O) groups excluding carboxylic acids is 1. The van der Waals surface area contributed by atoms with Gasteiger partial charge in [0.2, 0.25) is 0 Å². The summed E-state index contributed by atoms with van der Waals surface area (Å²) < 4.78 is 5.83. The van der Waals surface area contributed by atoms with Crippen molar-refractivity contribution in [3.05, 3.63) is 23.9 Å². The zero-order chi connectivity index (χ0) is 19.2. The van der Waals surface area contributed by atoms with Gasteiger partial charge in [0, 0.05) is 38.9 Å². The van der Waals surface area contributed by atoms with Crippen LogP contribution >= 0.6 is 0 Å². The van der Waals surface area contributed by atoms with Gasteiger partial charge in [0.1, 0.15) is 5.82 Å². The molecule has 2 unspecified atom stereocenters. The predicted octanol–water partition coefficient (Wildman–Crippen LogP) is 2.55. The molecule has 2 aliphatic heterocycles. The van der Waals surface area contributed by atoms with E-state index in [1.165, 1.54) is 25.8 Å². The molecule has 2 atom stereocenters. The Kier molecular flexibility index (Phi) is 7.07. The van der Waals surface area contributed by atoms with Gasteiger partial charge in [-0.3, -0.25) is 9.69 Å². The highest BCUT2D eigenvalue weighted by Gasteiger charge is 2.24. The molecule has 0 aromatic carbocycles. The molecule has 1 N–H and O–H groups in total. The third kappa shape index (κ3) is 5.66. The van der Waals surface area contributed by atoms with Crippen LogP contribution in [0, 0.1) is 5.92 Å². The number of carbonyl (C=O) groups is 1. The van der Waals surface area contributed by atoms with Gasteiger partial charge in [0.25, 0.3) is 5.91 Å². The van der Waals surface area contributed by atoms with Gasteiger partial charge in [-0.15, -0.1) is 0 Å². The van der Waals surface area contributed by atoms with Crippen molar-refractivity contribution in [2.45, 2.75) is 52.2 Å². The van der Waals surface area contributed by atoms with Crippen molar-refractivity contribution in [3.8, 4) is 0 Å². The standard InChI is InChI=1S/C21H34N4O2/c1-4-22-21(26)19-5-6-20(23-13-19)25-11-8-18(9-12-25)7-10-24-14-16(2)27-17(3)15-24/h5-6,13,16-18H,4,7-12,14-15H2,1-3H3,(H,22,26). The smallest absolute Gasteiger partial charge is 0.252 e. The molecular formula is C21H34N4O2. The Morgan fingerprint density at radius 3 is 2.52 bits per heavy atom. The lowest BCUT2D eigenvalue weighted by Gasteiger charge is -2.37. The fraction of sp³-hybridized carbons (Fsp3) is 0.714. The van der Waals surface area contributed by atoms with Crippen molar-refractivity contribution in [2.24, 2.45) is 5.92 Å². The summed E-state index contributed by atoms with van der Waals surface area (Å²) in [6.45, 7) is 12.3. The number of rotatable bonds is 6. The average Bonchev–Trinajstić information content (AvgIpc) is 2.66. The lowest BCUT2D eigenvalue weighted by atomic mass is 9.93. The van der Waals surface area contributed by atoms with Crippen molar-refractivity contribution in [3.63, 3.8) is 0 Å².